The van der Waals surface area contributed by atoms with Crippen LogP contribution < -0.4 is 5.32 Å². The van der Waals surface area contributed by atoms with Gasteiger partial charge in [0.05, 0.1) is 19.8 Å². The first kappa shape index (κ1) is 23.3. The second-order valence-electron chi connectivity index (χ2n) is 7.01. The third-order valence-corrected chi connectivity index (χ3v) is 5.29. The van der Waals surface area contributed by atoms with E-state index in [2.05, 4.69) is 22.0 Å². The molecule has 2 heterocycles. The van der Waals surface area contributed by atoms with Crippen LogP contribution in [0.1, 0.15) is 25.0 Å². The summed E-state index contributed by atoms with van der Waals surface area (Å²) in [6.07, 6.45) is 0.965. The average Bonchev–Trinajstić information content (AvgIpc) is 3.19. The summed E-state index contributed by atoms with van der Waals surface area (Å²) < 4.78 is 24.2. The van der Waals surface area contributed by atoms with Crippen LogP contribution in [-0.2, 0) is 9.47 Å². The van der Waals surface area contributed by atoms with E-state index < -0.39 is 0 Å². The van der Waals surface area contributed by atoms with Gasteiger partial charge in [-0.3, -0.25) is 9.89 Å². The number of likely N-dealkylation sites (tertiary alicyclic amines) is 1. The van der Waals surface area contributed by atoms with Crippen molar-refractivity contribution in [3.8, 4) is 0 Å². The number of ether oxygens (including phenoxy) is 2. The van der Waals surface area contributed by atoms with Crippen molar-refractivity contribution in [3.05, 3.63) is 35.6 Å². The fourth-order valence-electron chi connectivity index (χ4n) is 3.76. The van der Waals surface area contributed by atoms with Gasteiger partial charge in [-0.25, -0.2) is 4.39 Å². The van der Waals surface area contributed by atoms with E-state index in [1.54, 1.807) is 19.2 Å². The van der Waals surface area contributed by atoms with Crippen LogP contribution in [0.15, 0.2) is 29.3 Å². The van der Waals surface area contributed by atoms with Gasteiger partial charge in [0, 0.05) is 45.9 Å². The minimum absolute atomic E-state index is 0. The highest BCUT2D eigenvalue weighted by Crippen LogP contribution is 2.20. The number of guanidine groups is 1. The lowest BCUT2D eigenvalue weighted by molar-refractivity contribution is 0.0194. The summed E-state index contributed by atoms with van der Waals surface area (Å²) in [7, 11) is 1.67. The van der Waals surface area contributed by atoms with Crippen molar-refractivity contribution in [1.29, 1.82) is 0 Å². The quantitative estimate of drug-likeness (QED) is 0.365. The van der Waals surface area contributed by atoms with E-state index in [9.17, 15) is 4.39 Å². The summed E-state index contributed by atoms with van der Waals surface area (Å²) in [5, 5.41) is 3.41. The van der Waals surface area contributed by atoms with Gasteiger partial charge in [-0.15, -0.1) is 24.0 Å². The van der Waals surface area contributed by atoms with Crippen molar-refractivity contribution < 1.29 is 13.9 Å². The van der Waals surface area contributed by atoms with Crippen LogP contribution in [0.4, 0.5) is 4.39 Å². The molecule has 0 spiro atoms. The number of nitrogens with one attached hydrogen (secondary N) is 1. The predicted octanol–water partition coefficient (Wildman–Crippen LogP) is 2.50. The first-order chi connectivity index (χ1) is 13.2. The fourth-order valence-corrected chi connectivity index (χ4v) is 3.76. The van der Waals surface area contributed by atoms with E-state index in [4.69, 9.17) is 14.5 Å². The number of halogens is 2. The normalized spacial score (nSPS) is 22.0. The first-order valence-corrected chi connectivity index (χ1v) is 9.84. The van der Waals surface area contributed by atoms with Crippen molar-refractivity contribution in [2.45, 2.75) is 25.5 Å². The van der Waals surface area contributed by atoms with Crippen molar-refractivity contribution in [2.24, 2.45) is 4.99 Å². The third kappa shape index (κ3) is 6.27. The fraction of sp³-hybridized carbons (Fsp3) is 0.650. The van der Waals surface area contributed by atoms with Gasteiger partial charge in [-0.2, -0.15) is 0 Å². The molecule has 0 saturated carbocycles. The molecule has 0 aliphatic carbocycles. The van der Waals surface area contributed by atoms with Crippen molar-refractivity contribution in [1.82, 2.24) is 15.1 Å². The Bertz CT molecular complexity index is 611. The van der Waals surface area contributed by atoms with Crippen LogP contribution in [-0.4, -0.2) is 81.4 Å². The van der Waals surface area contributed by atoms with Gasteiger partial charge in [-0.05, 0) is 31.0 Å². The molecule has 0 radical (unpaired) electrons. The second-order valence-corrected chi connectivity index (χ2v) is 7.01. The monoisotopic (exact) mass is 506 g/mol. The Morgan fingerprint density at radius 1 is 1.29 bits per heavy atom. The number of methoxy groups -OCH3 is 1. The number of aliphatic imine (C=N–C) groups is 1. The molecule has 1 aromatic rings. The standard InChI is InChI=1S/C20H31FN4O2.HI/c1-3-22-20(23-14-19(26-2)16-4-6-17(21)7-5-16)25-9-8-18(15-25)24-10-12-27-13-11-24;/h4-7,18-19H,3,8-15H2,1-2H3,(H,22,23);1H. The van der Waals surface area contributed by atoms with Crippen LogP contribution >= 0.6 is 24.0 Å². The highest BCUT2D eigenvalue weighted by Gasteiger charge is 2.30. The summed E-state index contributed by atoms with van der Waals surface area (Å²) in [6, 6.07) is 7.01. The van der Waals surface area contributed by atoms with Gasteiger partial charge < -0.3 is 19.7 Å². The summed E-state index contributed by atoms with van der Waals surface area (Å²) in [5.41, 5.74) is 0.936. The van der Waals surface area contributed by atoms with E-state index in [0.717, 1.165) is 63.9 Å². The van der Waals surface area contributed by atoms with E-state index >= 15 is 0 Å². The smallest absolute Gasteiger partial charge is 0.194 e. The van der Waals surface area contributed by atoms with Crippen LogP contribution in [0.3, 0.4) is 0 Å². The molecule has 2 aliphatic rings. The Balaban J connectivity index is 0.00000280. The minimum atomic E-state index is -0.239. The maximum Gasteiger partial charge on any atom is 0.194 e. The van der Waals surface area contributed by atoms with Crippen LogP contribution in [0.5, 0.6) is 0 Å². The van der Waals surface area contributed by atoms with Gasteiger partial charge in [0.25, 0.3) is 0 Å². The lowest BCUT2D eigenvalue weighted by Crippen LogP contribution is -2.46. The number of hydrogen-bond donors (Lipinski definition) is 1. The Kier molecular flexibility index (Phi) is 9.90. The molecule has 0 aromatic heterocycles. The molecule has 158 valence electrons. The van der Waals surface area contributed by atoms with E-state index in [0.29, 0.717) is 12.6 Å². The summed E-state index contributed by atoms with van der Waals surface area (Å²) in [4.78, 5) is 9.68. The summed E-state index contributed by atoms with van der Waals surface area (Å²) in [6.45, 7) is 9.09. The molecule has 28 heavy (non-hydrogen) atoms. The molecule has 1 N–H and O–H groups in total. The molecule has 2 saturated heterocycles. The number of nitrogens with zero attached hydrogens (tertiary/aromatic N) is 3. The molecule has 3 rings (SSSR count). The lowest BCUT2D eigenvalue weighted by atomic mass is 10.1. The first-order valence-electron chi connectivity index (χ1n) is 9.84. The highest BCUT2D eigenvalue weighted by molar-refractivity contribution is 14.0. The zero-order chi connectivity index (χ0) is 19.1. The maximum atomic E-state index is 13.2. The number of hydrogen-bond acceptors (Lipinski definition) is 4. The second kappa shape index (κ2) is 11.9. The number of rotatable bonds is 6. The predicted molar refractivity (Wildman–Crippen MR) is 120 cm³/mol. The van der Waals surface area contributed by atoms with E-state index in [-0.39, 0.29) is 35.9 Å². The molecule has 6 nitrogen and oxygen atoms in total. The molecule has 0 bridgehead atoms. The van der Waals surface area contributed by atoms with Crippen molar-refractivity contribution in [3.63, 3.8) is 0 Å². The third-order valence-electron chi connectivity index (χ3n) is 5.29. The Morgan fingerprint density at radius 2 is 2.00 bits per heavy atom. The molecule has 8 heteroatoms. The molecule has 2 aliphatic heterocycles. The topological polar surface area (TPSA) is 49.3 Å². The maximum absolute atomic E-state index is 13.2. The lowest BCUT2D eigenvalue weighted by Gasteiger charge is -2.32. The SMILES string of the molecule is CCNC(=NCC(OC)c1ccc(F)cc1)N1CCC(N2CCOCC2)C1.I. The summed E-state index contributed by atoms with van der Waals surface area (Å²) >= 11 is 0. The molecule has 0 amide bonds. The van der Waals surface area contributed by atoms with Gasteiger partial charge in [0.1, 0.15) is 11.9 Å². The molecule has 2 atom stereocenters. The van der Waals surface area contributed by atoms with Gasteiger partial charge >= 0.3 is 0 Å². The average molecular weight is 506 g/mol. The molecular formula is C20H32FIN4O2. The van der Waals surface area contributed by atoms with Gasteiger partial charge in [-0.1, -0.05) is 12.1 Å². The highest BCUT2D eigenvalue weighted by atomic mass is 127. The van der Waals surface area contributed by atoms with Gasteiger partial charge in [0.2, 0.25) is 0 Å². The number of benzene rings is 1. The Morgan fingerprint density at radius 3 is 2.64 bits per heavy atom. The Hall–Kier alpha value is -0.970. The van der Waals surface area contributed by atoms with E-state index in [1.165, 1.54) is 12.1 Å². The Labute approximate surface area is 184 Å². The largest absolute Gasteiger partial charge is 0.379 e. The molecular weight excluding hydrogens is 474 g/mol. The zero-order valence-electron chi connectivity index (χ0n) is 16.8. The molecule has 1 aromatic carbocycles. The van der Waals surface area contributed by atoms with Crippen LogP contribution in [0.25, 0.3) is 0 Å². The summed E-state index contributed by atoms with van der Waals surface area (Å²) in [5.74, 6) is 0.689. The van der Waals surface area contributed by atoms with E-state index in [1.807, 2.05) is 0 Å². The minimum Gasteiger partial charge on any atom is -0.379 e. The van der Waals surface area contributed by atoms with Crippen LogP contribution in [0.2, 0.25) is 0 Å². The molecule has 2 fully saturated rings. The zero-order valence-corrected chi connectivity index (χ0v) is 19.1. The van der Waals surface area contributed by atoms with Crippen molar-refractivity contribution in [2.75, 3.05) is 59.6 Å². The van der Waals surface area contributed by atoms with Gasteiger partial charge in [0.15, 0.2) is 5.96 Å². The van der Waals surface area contributed by atoms with Crippen molar-refractivity contribution >= 4 is 29.9 Å². The van der Waals surface area contributed by atoms with Crippen LogP contribution in [0, 0.1) is 5.82 Å². The molecule has 2 unspecified atom stereocenters. The number of morpholine rings is 1.